The van der Waals surface area contributed by atoms with Crippen LogP contribution in [-0.4, -0.2) is 6.54 Å². The summed E-state index contributed by atoms with van der Waals surface area (Å²) in [4.78, 5) is 0. The molecule has 1 nitrogen and oxygen atoms in total. The summed E-state index contributed by atoms with van der Waals surface area (Å²) < 4.78 is 27.0. The number of nitrogens with one attached hydrogen (secondary N) is 1. The second-order valence-electron chi connectivity index (χ2n) is 5.06. The first-order chi connectivity index (χ1) is 9.51. The fraction of sp³-hybridized carbons (Fsp3) is 0.294. The molecule has 0 radical (unpaired) electrons. The third kappa shape index (κ3) is 3.23. The van der Waals surface area contributed by atoms with E-state index in [0.717, 1.165) is 23.2 Å². The van der Waals surface area contributed by atoms with Gasteiger partial charge in [0, 0.05) is 0 Å². The molecule has 0 amide bonds. The maximum Gasteiger partial charge on any atom is 0.126 e. The maximum atomic E-state index is 13.6. The number of halogens is 2. The van der Waals surface area contributed by atoms with Crippen molar-refractivity contribution in [3.05, 3.63) is 70.3 Å². The summed E-state index contributed by atoms with van der Waals surface area (Å²) in [6, 6.07) is 9.87. The van der Waals surface area contributed by atoms with Gasteiger partial charge in [0.15, 0.2) is 0 Å². The predicted molar refractivity (Wildman–Crippen MR) is 77.8 cm³/mol. The van der Waals surface area contributed by atoms with E-state index in [1.165, 1.54) is 18.2 Å². The molecule has 0 aromatic heterocycles. The SMILES string of the molecule is CCNC(c1cc(C)cc(F)c1)c1ccc(F)c(C)c1. The number of aryl methyl sites for hydroxylation is 2. The molecular formula is C17H19F2N. The van der Waals surface area contributed by atoms with Gasteiger partial charge < -0.3 is 5.32 Å². The minimum Gasteiger partial charge on any atom is -0.307 e. The van der Waals surface area contributed by atoms with Crippen LogP contribution >= 0.6 is 0 Å². The molecule has 0 bridgehead atoms. The molecule has 0 aliphatic carbocycles. The van der Waals surface area contributed by atoms with E-state index < -0.39 is 0 Å². The lowest BCUT2D eigenvalue weighted by Crippen LogP contribution is -2.22. The van der Waals surface area contributed by atoms with Gasteiger partial charge in [0.1, 0.15) is 11.6 Å². The molecule has 0 fully saturated rings. The summed E-state index contributed by atoms with van der Waals surface area (Å²) in [6.45, 7) is 6.34. The van der Waals surface area contributed by atoms with Crippen molar-refractivity contribution < 1.29 is 8.78 Å². The first kappa shape index (κ1) is 14.7. The molecule has 0 aliphatic rings. The van der Waals surface area contributed by atoms with Crippen LogP contribution in [0.25, 0.3) is 0 Å². The van der Waals surface area contributed by atoms with Crippen LogP contribution in [0.15, 0.2) is 36.4 Å². The molecule has 1 atom stereocenters. The molecule has 2 rings (SSSR count). The predicted octanol–water partition coefficient (Wildman–Crippen LogP) is 4.28. The highest BCUT2D eigenvalue weighted by Crippen LogP contribution is 2.25. The molecule has 1 N–H and O–H groups in total. The Balaban J connectivity index is 2.46. The van der Waals surface area contributed by atoms with Gasteiger partial charge in [-0.1, -0.05) is 25.1 Å². The van der Waals surface area contributed by atoms with Crippen LogP contribution in [0.1, 0.15) is 35.2 Å². The number of hydrogen-bond acceptors (Lipinski definition) is 1. The second kappa shape index (κ2) is 6.14. The highest BCUT2D eigenvalue weighted by molar-refractivity contribution is 5.36. The topological polar surface area (TPSA) is 12.0 Å². The average Bonchev–Trinajstić information content (AvgIpc) is 2.38. The smallest absolute Gasteiger partial charge is 0.126 e. The molecule has 3 heteroatoms. The fourth-order valence-electron chi connectivity index (χ4n) is 2.41. The van der Waals surface area contributed by atoms with E-state index in [-0.39, 0.29) is 17.7 Å². The Bertz CT molecular complexity index is 588. The monoisotopic (exact) mass is 275 g/mol. The quantitative estimate of drug-likeness (QED) is 0.878. The summed E-state index contributed by atoms with van der Waals surface area (Å²) in [6.07, 6.45) is 0. The van der Waals surface area contributed by atoms with Gasteiger partial charge in [-0.05, 0) is 60.8 Å². The van der Waals surface area contributed by atoms with E-state index >= 15 is 0 Å². The Labute approximate surface area is 118 Å². The Morgan fingerprint density at radius 1 is 1.00 bits per heavy atom. The molecule has 0 saturated carbocycles. The molecule has 0 aliphatic heterocycles. The second-order valence-corrected chi connectivity index (χ2v) is 5.06. The standard InChI is InChI=1S/C17H19F2N/c1-4-20-17(13-5-6-16(19)12(3)9-13)14-7-11(2)8-15(18)10-14/h5-10,17,20H,4H2,1-3H3. The van der Waals surface area contributed by atoms with Crippen molar-refractivity contribution in [3.63, 3.8) is 0 Å². The summed E-state index contributed by atoms with van der Waals surface area (Å²) in [5, 5.41) is 3.33. The number of hydrogen-bond donors (Lipinski definition) is 1. The average molecular weight is 275 g/mol. The molecule has 2 aromatic carbocycles. The zero-order valence-corrected chi connectivity index (χ0v) is 12.0. The van der Waals surface area contributed by atoms with Crippen molar-refractivity contribution in [2.45, 2.75) is 26.8 Å². The van der Waals surface area contributed by atoms with Crippen molar-refractivity contribution >= 4 is 0 Å². The van der Waals surface area contributed by atoms with Crippen molar-refractivity contribution in [2.24, 2.45) is 0 Å². The van der Waals surface area contributed by atoms with Crippen molar-refractivity contribution in [1.82, 2.24) is 5.32 Å². The van der Waals surface area contributed by atoms with Crippen LogP contribution in [0.2, 0.25) is 0 Å². The van der Waals surface area contributed by atoms with E-state index in [9.17, 15) is 8.78 Å². The van der Waals surface area contributed by atoms with Gasteiger partial charge in [-0.15, -0.1) is 0 Å². The van der Waals surface area contributed by atoms with Crippen molar-refractivity contribution in [2.75, 3.05) is 6.54 Å². The van der Waals surface area contributed by atoms with Crippen molar-refractivity contribution in [1.29, 1.82) is 0 Å². The van der Waals surface area contributed by atoms with Gasteiger partial charge in [-0.25, -0.2) is 8.78 Å². The normalized spacial score (nSPS) is 12.4. The van der Waals surface area contributed by atoms with Crippen LogP contribution < -0.4 is 5.32 Å². The lowest BCUT2D eigenvalue weighted by Gasteiger charge is -2.20. The molecular weight excluding hydrogens is 256 g/mol. The molecule has 0 spiro atoms. The molecule has 0 heterocycles. The molecule has 2 aromatic rings. The Morgan fingerprint density at radius 3 is 2.35 bits per heavy atom. The van der Waals surface area contributed by atoms with Crippen LogP contribution in [0.4, 0.5) is 8.78 Å². The van der Waals surface area contributed by atoms with Gasteiger partial charge in [-0.3, -0.25) is 0 Å². The number of rotatable bonds is 4. The first-order valence-corrected chi connectivity index (χ1v) is 6.77. The Morgan fingerprint density at radius 2 is 1.75 bits per heavy atom. The Hall–Kier alpha value is -1.74. The highest BCUT2D eigenvalue weighted by Gasteiger charge is 2.15. The van der Waals surface area contributed by atoms with Gasteiger partial charge in [0.05, 0.1) is 6.04 Å². The van der Waals surface area contributed by atoms with E-state index in [1.54, 1.807) is 13.0 Å². The van der Waals surface area contributed by atoms with E-state index in [0.29, 0.717) is 5.56 Å². The largest absolute Gasteiger partial charge is 0.307 e. The summed E-state index contributed by atoms with van der Waals surface area (Å²) in [5.74, 6) is -0.471. The van der Waals surface area contributed by atoms with Crippen molar-refractivity contribution in [3.8, 4) is 0 Å². The van der Waals surface area contributed by atoms with Gasteiger partial charge in [-0.2, -0.15) is 0 Å². The van der Waals surface area contributed by atoms with Crippen LogP contribution in [0.5, 0.6) is 0 Å². The van der Waals surface area contributed by atoms with E-state index in [2.05, 4.69) is 5.32 Å². The lowest BCUT2D eigenvalue weighted by atomic mass is 9.96. The zero-order chi connectivity index (χ0) is 14.7. The maximum absolute atomic E-state index is 13.6. The minimum atomic E-state index is -0.248. The van der Waals surface area contributed by atoms with E-state index in [1.807, 2.05) is 26.0 Å². The zero-order valence-electron chi connectivity index (χ0n) is 12.0. The van der Waals surface area contributed by atoms with Crippen LogP contribution in [0.3, 0.4) is 0 Å². The first-order valence-electron chi connectivity index (χ1n) is 6.77. The summed E-state index contributed by atoms with van der Waals surface area (Å²) >= 11 is 0. The minimum absolute atomic E-state index is 0.131. The van der Waals surface area contributed by atoms with Crippen LogP contribution in [-0.2, 0) is 0 Å². The molecule has 0 saturated heterocycles. The molecule has 20 heavy (non-hydrogen) atoms. The van der Waals surface area contributed by atoms with Gasteiger partial charge in [0.25, 0.3) is 0 Å². The number of benzene rings is 2. The fourth-order valence-corrected chi connectivity index (χ4v) is 2.41. The van der Waals surface area contributed by atoms with E-state index in [4.69, 9.17) is 0 Å². The summed E-state index contributed by atoms with van der Waals surface area (Å²) in [7, 11) is 0. The summed E-state index contributed by atoms with van der Waals surface area (Å²) in [5.41, 5.74) is 3.27. The molecule has 1 unspecified atom stereocenters. The molecule has 106 valence electrons. The van der Waals surface area contributed by atoms with Gasteiger partial charge >= 0.3 is 0 Å². The van der Waals surface area contributed by atoms with Gasteiger partial charge in [0.2, 0.25) is 0 Å². The lowest BCUT2D eigenvalue weighted by molar-refractivity contribution is 0.595. The third-order valence-corrected chi connectivity index (χ3v) is 3.32. The van der Waals surface area contributed by atoms with Crippen LogP contribution in [0, 0.1) is 25.5 Å². The highest BCUT2D eigenvalue weighted by atomic mass is 19.1. The third-order valence-electron chi connectivity index (χ3n) is 3.32. The Kier molecular flexibility index (Phi) is 4.50.